The van der Waals surface area contributed by atoms with Gasteiger partial charge in [-0.05, 0) is 74.5 Å². The summed E-state index contributed by atoms with van der Waals surface area (Å²) < 4.78 is 0. The van der Waals surface area contributed by atoms with Crippen LogP contribution in [0.15, 0.2) is 0 Å². The van der Waals surface area contributed by atoms with Gasteiger partial charge in [-0.25, -0.2) is 0 Å². The predicted octanol–water partition coefficient (Wildman–Crippen LogP) is 5.54. The first kappa shape index (κ1) is 19.7. The molecule has 2 N–H and O–H groups in total. The first-order valence-corrected chi connectivity index (χ1v) is 11.4. The third kappa shape index (κ3) is 4.26. The highest BCUT2D eigenvalue weighted by Gasteiger charge is 2.50. The molecule has 4 saturated carbocycles. The van der Waals surface area contributed by atoms with Gasteiger partial charge < -0.3 is 10.4 Å². The summed E-state index contributed by atoms with van der Waals surface area (Å²) in [6, 6.07) is 0.933. The Labute approximate surface area is 156 Å². The lowest BCUT2D eigenvalue weighted by Crippen LogP contribution is -2.63. The largest absolute Gasteiger partial charge is 0.388 e. The molecule has 4 fully saturated rings. The minimum atomic E-state index is -0.519. The molecular weight excluding hydrogens is 306 g/mol. The van der Waals surface area contributed by atoms with Crippen LogP contribution in [0, 0.1) is 29.6 Å². The maximum Gasteiger partial charge on any atom is 0.0802 e. The minimum Gasteiger partial charge on any atom is -0.388 e. The van der Waals surface area contributed by atoms with Gasteiger partial charge in [-0.1, -0.05) is 53.4 Å². The Hall–Kier alpha value is -0.0800. The molecule has 4 bridgehead atoms. The Balaban J connectivity index is 1.72. The summed E-state index contributed by atoms with van der Waals surface area (Å²) in [6.45, 7) is 9.12. The summed E-state index contributed by atoms with van der Waals surface area (Å²) in [5, 5.41) is 15.8. The van der Waals surface area contributed by atoms with Crippen molar-refractivity contribution < 1.29 is 5.11 Å². The number of nitrogens with one attached hydrogen (secondary N) is 1. The molecule has 0 amide bonds. The molecule has 2 nitrogen and oxygen atoms in total. The molecule has 0 spiro atoms. The van der Waals surface area contributed by atoms with Crippen molar-refractivity contribution >= 4 is 0 Å². The Morgan fingerprint density at radius 1 is 0.880 bits per heavy atom. The molecule has 0 unspecified atom stereocenters. The van der Waals surface area contributed by atoms with Crippen LogP contribution in [0.3, 0.4) is 0 Å². The smallest absolute Gasteiger partial charge is 0.0802 e. The van der Waals surface area contributed by atoms with Crippen LogP contribution in [-0.4, -0.2) is 22.8 Å². The lowest BCUT2D eigenvalue weighted by atomic mass is 9.54. The van der Waals surface area contributed by atoms with E-state index in [4.69, 9.17) is 0 Å². The van der Waals surface area contributed by atoms with E-state index in [1.165, 1.54) is 44.9 Å². The van der Waals surface area contributed by atoms with E-state index < -0.39 is 5.60 Å². The highest BCUT2D eigenvalue weighted by Crippen LogP contribution is 2.54. The number of hydrogen-bond donors (Lipinski definition) is 2. The Bertz CT molecular complexity index is 382. The normalized spacial score (nSPS) is 35.5. The highest BCUT2D eigenvalue weighted by molar-refractivity contribution is 5.04. The molecule has 0 heterocycles. The molecule has 0 aliphatic heterocycles. The van der Waals surface area contributed by atoms with Crippen molar-refractivity contribution in [3.8, 4) is 0 Å². The van der Waals surface area contributed by atoms with E-state index in [0.717, 1.165) is 49.4 Å². The number of aliphatic hydroxyl groups is 1. The second-order valence-corrected chi connectivity index (χ2v) is 10.2. The van der Waals surface area contributed by atoms with Crippen LogP contribution in [-0.2, 0) is 0 Å². The van der Waals surface area contributed by atoms with Crippen LogP contribution < -0.4 is 5.32 Å². The quantitative estimate of drug-likeness (QED) is 0.543. The third-order valence-electron chi connectivity index (χ3n) is 7.77. The Kier molecular flexibility index (Phi) is 6.53. The van der Waals surface area contributed by atoms with E-state index in [1.54, 1.807) is 0 Å². The average Bonchev–Trinajstić information content (AvgIpc) is 2.56. The van der Waals surface area contributed by atoms with Gasteiger partial charge in [0.15, 0.2) is 0 Å². The molecule has 4 aliphatic carbocycles. The second-order valence-electron chi connectivity index (χ2n) is 10.2. The average molecular weight is 350 g/mol. The molecule has 0 saturated heterocycles. The fourth-order valence-corrected chi connectivity index (χ4v) is 6.77. The van der Waals surface area contributed by atoms with Crippen LogP contribution in [0.25, 0.3) is 0 Å². The van der Waals surface area contributed by atoms with Crippen molar-refractivity contribution in [3.63, 3.8) is 0 Å². The van der Waals surface area contributed by atoms with Gasteiger partial charge in [0, 0.05) is 12.1 Å². The van der Waals surface area contributed by atoms with Gasteiger partial charge >= 0.3 is 0 Å². The van der Waals surface area contributed by atoms with E-state index in [9.17, 15) is 5.11 Å². The lowest BCUT2D eigenvalue weighted by molar-refractivity contribution is -0.0666. The minimum absolute atomic E-state index is 0.258. The van der Waals surface area contributed by atoms with E-state index in [2.05, 4.69) is 33.0 Å². The zero-order valence-electron chi connectivity index (χ0n) is 17.3. The van der Waals surface area contributed by atoms with Crippen molar-refractivity contribution in [1.82, 2.24) is 5.32 Å². The molecule has 146 valence electrons. The summed E-state index contributed by atoms with van der Waals surface area (Å²) in [7, 11) is 0. The zero-order chi connectivity index (χ0) is 18.0. The van der Waals surface area contributed by atoms with E-state index in [1.807, 2.05) is 0 Å². The first-order chi connectivity index (χ1) is 12.0. The van der Waals surface area contributed by atoms with Crippen molar-refractivity contribution in [2.45, 2.75) is 116 Å². The van der Waals surface area contributed by atoms with Gasteiger partial charge in [-0.3, -0.25) is 0 Å². The van der Waals surface area contributed by atoms with Crippen LogP contribution >= 0.6 is 0 Å². The van der Waals surface area contributed by atoms with Gasteiger partial charge in [0.25, 0.3) is 0 Å². The van der Waals surface area contributed by atoms with Crippen LogP contribution in [0.1, 0.15) is 98.3 Å². The molecule has 0 aromatic heterocycles. The SMILES string of the molecule is CCCCC(O)(CCCC)[C@@H](NC1C2CC3CC(C2)CC1C3)C(C)C. The van der Waals surface area contributed by atoms with Crippen LogP contribution in [0.2, 0.25) is 0 Å². The van der Waals surface area contributed by atoms with Gasteiger partial charge in [0.1, 0.15) is 0 Å². The van der Waals surface area contributed by atoms with E-state index in [0.29, 0.717) is 12.0 Å². The van der Waals surface area contributed by atoms with Gasteiger partial charge in [-0.2, -0.15) is 0 Å². The molecule has 4 rings (SSSR count). The maximum absolute atomic E-state index is 11.7. The Morgan fingerprint density at radius 3 is 1.76 bits per heavy atom. The fraction of sp³-hybridized carbons (Fsp3) is 1.00. The van der Waals surface area contributed by atoms with E-state index >= 15 is 0 Å². The van der Waals surface area contributed by atoms with Crippen molar-refractivity contribution in [2.75, 3.05) is 0 Å². The van der Waals surface area contributed by atoms with Gasteiger partial charge in [-0.15, -0.1) is 0 Å². The second kappa shape index (κ2) is 8.30. The first-order valence-electron chi connectivity index (χ1n) is 11.4. The highest BCUT2D eigenvalue weighted by atomic mass is 16.3. The fourth-order valence-electron chi connectivity index (χ4n) is 6.77. The van der Waals surface area contributed by atoms with Gasteiger partial charge in [0.05, 0.1) is 5.60 Å². The van der Waals surface area contributed by atoms with Crippen LogP contribution in [0.5, 0.6) is 0 Å². The number of rotatable bonds is 10. The summed E-state index contributed by atoms with van der Waals surface area (Å²) >= 11 is 0. The van der Waals surface area contributed by atoms with Crippen molar-refractivity contribution in [1.29, 1.82) is 0 Å². The standard InChI is InChI=1S/C23H43NO/c1-5-7-9-23(25,10-8-6-2)22(16(3)4)24-21-19-12-17-11-18(14-19)15-20(21)13-17/h16-22,24-25H,5-15H2,1-4H3/t17?,18?,19?,20?,21?,22-/m0/s1. The molecular formula is C23H43NO. The molecule has 0 radical (unpaired) electrons. The predicted molar refractivity (Wildman–Crippen MR) is 107 cm³/mol. The van der Waals surface area contributed by atoms with Crippen molar-refractivity contribution in [2.24, 2.45) is 29.6 Å². The zero-order valence-corrected chi connectivity index (χ0v) is 17.3. The molecule has 4 aliphatic rings. The maximum atomic E-state index is 11.7. The third-order valence-corrected chi connectivity index (χ3v) is 7.77. The number of hydrogen-bond acceptors (Lipinski definition) is 2. The summed E-state index contributed by atoms with van der Waals surface area (Å²) in [5.74, 6) is 4.32. The molecule has 25 heavy (non-hydrogen) atoms. The topological polar surface area (TPSA) is 32.3 Å². The molecule has 1 atom stereocenters. The summed E-state index contributed by atoms with van der Waals surface area (Å²) in [6.07, 6.45) is 13.9. The summed E-state index contributed by atoms with van der Waals surface area (Å²) in [4.78, 5) is 0. The summed E-state index contributed by atoms with van der Waals surface area (Å²) in [5.41, 5.74) is -0.519. The molecule has 0 aromatic rings. The molecule has 0 aromatic carbocycles. The number of unbranched alkanes of at least 4 members (excludes halogenated alkanes) is 2. The molecule has 2 heteroatoms. The van der Waals surface area contributed by atoms with Crippen molar-refractivity contribution in [3.05, 3.63) is 0 Å². The lowest BCUT2D eigenvalue weighted by Gasteiger charge is -2.56. The van der Waals surface area contributed by atoms with Gasteiger partial charge in [0.2, 0.25) is 0 Å². The Morgan fingerprint density at radius 2 is 1.36 bits per heavy atom. The van der Waals surface area contributed by atoms with E-state index in [-0.39, 0.29) is 6.04 Å². The monoisotopic (exact) mass is 349 g/mol. The van der Waals surface area contributed by atoms with Crippen LogP contribution in [0.4, 0.5) is 0 Å².